The summed E-state index contributed by atoms with van der Waals surface area (Å²) in [4.78, 5) is 26.6. The van der Waals surface area contributed by atoms with E-state index in [0.29, 0.717) is 23.7 Å². The topological polar surface area (TPSA) is 61.4 Å². The molecule has 0 bridgehead atoms. The molecule has 1 aliphatic rings. The smallest absolute Gasteiger partial charge is 0.252 e. The van der Waals surface area contributed by atoms with Gasteiger partial charge in [-0.15, -0.1) is 0 Å². The number of halogens is 1. The summed E-state index contributed by atoms with van der Waals surface area (Å²) in [7, 11) is 4.20. The number of hydrogen-bond acceptors (Lipinski definition) is 3. The molecule has 0 heterocycles. The molecule has 1 saturated carbocycles. The van der Waals surface area contributed by atoms with E-state index in [9.17, 15) is 9.59 Å². The zero-order chi connectivity index (χ0) is 19.0. The Kier molecular flexibility index (Phi) is 7.91. The minimum Gasteiger partial charge on any atom is -0.354 e. The van der Waals surface area contributed by atoms with E-state index in [4.69, 9.17) is 11.6 Å². The van der Waals surface area contributed by atoms with Crippen molar-refractivity contribution >= 4 is 23.4 Å². The molecule has 1 aromatic rings. The van der Waals surface area contributed by atoms with Gasteiger partial charge in [-0.3, -0.25) is 9.59 Å². The Morgan fingerprint density at radius 2 is 1.73 bits per heavy atom. The zero-order valence-corrected chi connectivity index (χ0v) is 16.6. The summed E-state index contributed by atoms with van der Waals surface area (Å²) >= 11 is 6.01. The fourth-order valence-electron chi connectivity index (χ4n) is 3.55. The van der Waals surface area contributed by atoms with Gasteiger partial charge in [0.15, 0.2) is 0 Å². The number of carbonyl (C=O) groups is 2. The van der Waals surface area contributed by atoms with Crippen molar-refractivity contribution in [1.82, 2.24) is 15.5 Å². The maximum absolute atomic E-state index is 12.2. The lowest BCUT2D eigenvalue weighted by Crippen LogP contribution is -2.52. The second-order valence-corrected chi connectivity index (χ2v) is 7.70. The summed E-state index contributed by atoms with van der Waals surface area (Å²) in [6.07, 6.45) is 7.46. The van der Waals surface area contributed by atoms with E-state index < -0.39 is 0 Å². The molecule has 2 amide bonds. The van der Waals surface area contributed by atoms with Gasteiger partial charge in [0.1, 0.15) is 0 Å². The van der Waals surface area contributed by atoms with Crippen molar-refractivity contribution in [3.8, 4) is 0 Å². The molecule has 1 aliphatic carbocycles. The van der Waals surface area contributed by atoms with E-state index in [0.717, 1.165) is 12.8 Å². The predicted molar refractivity (Wildman–Crippen MR) is 106 cm³/mol. The first-order valence-electron chi connectivity index (χ1n) is 9.41. The lowest BCUT2D eigenvalue weighted by molar-refractivity contribution is -0.121. The molecule has 0 spiro atoms. The van der Waals surface area contributed by atoms with Crippen molar-refractivity contribution in [3.05, 3.63) is 34.9 Å². The largest absolute Gasteiger partial charge is 0.354 e. The Labute approximate surface area is 161 Å². The lowest BCUT2D eigenvalue weighted by Gasteiger charge is -2.39. The van der Waals surface area contributed by atoms with Crippen molar-refractivity contribution in [1.29, 1.82) is 0 Å². The molecule has 0 saturated heterocycles. The number of benzene rings is 1. The van der Waals surface area contributed by atoms with Crippen LogP contribution in [0.25, 0.3) is 0 Å². The normalized spacial score (nSPS) is 16.8. The van der Waals surface area contributed by atoms with E-state index in [1.54, 1.807) is 24.3 Å². The fraction of sp³-hybridized carbons (Fsp3) is 0.600. The van der Waals surface area contributed by atoms with Crippen LogP contribution in [0.4, 0.5) is 0 Å². The average Bonchev–Trinajstić information content (AvgIpc) is 2.87. The molecule has 2 rings (SSSR count). The second kappa shape index (κ2) is 9.93. The Morgan fingerprint density at radius 1 is 1.08 bits per heavy atom. The number of rotatable bonds is 7. The van der Waals surface area contributed by atoms with Crippen LogP contribution in [-0.2, 0) is 4.79 Å². The highest BCUT2D eigenvalue weighted by molar-refractivity contribution is 6.33. The number of likely N-dealkylation sites (N-methyl/N-ethyl adjacent to an activating group) is 1. The van der Waals surface area contributed by atoms with Crippen LogP contribution in [0.15, 0.2) is 24.3 Å². The molecule has 0 aromatic heterocycles. The highest BCUT2D eigenvalue weighted by Gasteiger charge is 2.33. The summed E-state index contributed by atoms with van der Waals surface area (Å²) in [5, 5.41) is 6.24. The van der Waals surface area contributed by atoms with Crippen LogP contribution in [0.5, 0.6) is 0 Å². The standard InChI is InChI=1S/C20H30ClN3O2/c1-24(2)20(12-7-3-4-8-13-20)15-23-18(25)11-14-22-19(26)16-9-5-6-10-17(16)21/h5-6,9-10H,3-4,7-8,11-15H2,1-2H3,(H,22,26)(H,23,25). The van der Waals surface area contributed by atoms with E-state index in [2.05, 4.69) is 29.6 Å². The van der Waals surface area contributed by atoms with Crippen molar-refractivity contribution in [3.63, 3.8) is 0 Å². The van der Waals surface area contributed by atoms with E-state index in [-0.39, 0.29) is 23.8 Å². The van der Waals surface area contributed by atoms with Gasteiger partial charge in [-0.05, 0) is 39.1 Å². The summed E-state index contributed by atoms with van der Waals surface area (Å²) in [5.41, 5.74) is 0.479. The Hall–Kier alpha value is -1.59. The molecule has 1 aromatic carbocycles. The van der Waals surface area contributed by atoms with Gasteiger partial charge in [0.25, 0.3) is 5.91 Å². The minimum atomic E-state index is -0.253. The van der Waals surface area contributed by atoms with Crippen LogP contribution in [0, 0.1) is 0 Å². The van der Waals surface area contributed by atoms with Crippen LogP contribution >= 0.6 is 11.6 Å². The van der Waals surface area contributed by atoms with Gasteiger partial charge >= 0.3 is 0 Å². The molecule has 144 valence electrons. The Morgan fingerprint density at radius 3 is 2.35 bits per heavy atom. The van der Waals surface area contributed by atoms with Crippen LogP contribution < -0.4 is 10.6 Å². The van der Waals surface area contributed by atoms with Gasteiger partial charge in [0, 0.05) is 25.0 Å². The Balaban J connectivity index is 1.77. The molecule has 6 heteroatoms. The van der Waals surface area contributed by atoms with Crippen LogP contribution in [-0.4, -0.2) is 49.4 Å². The van der Waals surface area contributed by atoms with E-state index in [1.807, 2.05) is 0 Å². The van der Waals surface area contributed by atoms with Gasteiger partial charge < -0.3 is 15.5 Å². The summed E-state index contributed by atoms with van der Waals surface area (Å²) in [5.74, 6) is -0.285. The molecule has 0 aliphatic heterocycles. The quantitative estimate of drug-likeness (QED) is 0.715. The molecule has 2 N–H and O–H groups in total. The number of amides is 2. The van der Waals surface area contributed by atoms with E-state index in [1.165, 1.54) is 25.7 Å². The predicted octanol–water partition coefficient (Wildman–Crippen LogP) is 3.23. The summed E-state index contributed by atoms with van der Waals surface area (Å²) < 4.78 is 0. The van der Waals surface area contributed by atoms with Crippen LogP contribution in [0.3, 0.4) is 0 Å². The molecule has 0 unspecified atom stereocenters. The van der Waals surface area contributed by atoms with Gasteiger partial charge in [-0.1, -0.05) is 49.4 Å². The van der Waals surface area contributed by atoms with Gasteiger partial charge in [-0.2, -0.15) is 0 Å². The van der Waals surface area contributed by atoms with Gasteiger partial charge in [0.05, 0.1) is 10.6 Å². The Bertz CT molecular complexity index is 611. The first-order valence-corrected chi connectivity index (χ1v) is 9.79. The molecule has 1 fully saturated rings. The zero-order valence-electron chi connectivity index (χ0n) is 15.8. The highest BCUT2D eigenvalue weighted by atomic mass is 35.5. The number of hydrogen-bond donors (Lipinski definition) is 2. The fourth-order valence-corrected chi connectivity index (χ4v) is 3.77. The maximum Gasteiger partial charge on any atom is 0.252 e. The van der Waals surface area contributed by atoms with Crippen molar-refractivity contribution in [2.24, 2.45) is 0 Å². The first-order chi connectivity index (χ1) is 12.4. The van der Waals surface area contributed by atoms with Gasteiger partial charge in [0.2, 0.25) is 5.91 Å². The van der Waals surface area contributed by atoms with Crippen molar-refractivity contribution in [2.75, 3.05) is 27.2 Å². The summed E-state index contributed by atoms with van der Waals surface area (Å²) in [6.45, 7) is 0.960. The third-order valence-electron chi connectivity index (χ3n) is 5.35. The second-order valence-electron chi connectivity index (χ2n) is 7.30. The molecule has 26 heavy (non-hydrogen) atoms. The number of nitrogens with zero attached hydrogens (tertiary/aromatic N) is 1. The molecule has 0 atom stereocenters. The maximum atomic E-state index is 12.2. The van der Waals surface area contributed by atoms with Crippen LogP contribution in [0.2, 0.25) is 5.02 Å². The lowest BCUT2D eigenvalue weighted by atomic mass is 9.88. The SMILES string of the molecule is CN(C)C1(CNC(=O)CCNC(=O)c2ccccc2Cl)CCCCCC1. The van der Waals surface area contributed by atoms with Crippen LogP contribution in [0.1, 0.15) is 55.3 Å². The van der Waals surface area contributed by atoms with Crippen molar-refractivity contribution in [2.45, 2.75) is 50.5 Å². The molecule has 0 radical (unpaired) electrons. The average molecular weight is 380 g/mol. The third-order valence-corrected chi connectivity index (χ3v) is 5.68. The molecular weight excluding hydrogens is 350 g/mol. The van der Waals surface area contributed by atoms with Gasteiger partial charge in [-0.25, -0.2) is 0 Å². The molecule has 5 nitrogen and oxygen atoms in total. The van der Waals surface area contributed by atoms with E-state index >= 15 is 0 Å². The first kappa shape index (κ1) is 20.7. The van der Waals surface area contributed by atoms with Crippen molar-refractivity contribution < 1.29 is 9.59 Å². The third kappa shape index (κ3) is 5.71. The number of carbonyl (C=O) groups excluding carboxylic acids is 2. The summed E-state index contributed by atoms with van der Waals surface area (Å²) in [6, 6.07) is 6.89. The number of nitrogens with one attached hydrogen (secondary N) is 2. The minimum absolute atomic E-state index is 0.0325. The highest BCUT2D eigenvalue weighted by Crippen LogP contribution is 2.30. The molecular formula is C20H30ClN3O2. The monoisotopic (exact) mass is 379 g/mol.